The molecule has 0 spiro atoms. The number of hydrogen-bond acceptors (Lipinski definition) is 9. The van der Waals surface area contributed by atoms with E-state index in [0.717, 1.165) is 74.8 Å². The summed E-state index contributed by atoms with van der Waals surface area (Å²) >= 11 is 0. The van der Waals surface area contributed by atoms with Crippen molar-refractivity contribution in [3.05, 3.63) is 109 Å². The minimum Gasteiger partial charge on any atom is -0.423 e. The second-order valence-electron chi connectivity index (χ2n) is 16.7. The van der Waals surface area contributed by atoms with Crippen molar-refractivity contribution in [3.8, 4) is 5.75 Å². The summed E-state index contributed by atoms with van der Waals surface area (Å²) in [6.07, 6.45) is 16.7. The van der Waals surface area contributed by atoms with Crippen molar-refractivity contribution in [2.45, 2.75) is 151 Å². The molecule has 0 unspecified atom stereocenters. The Kier molecular flexibility index (Phi) is 17.3. The van der Waals surface area contributed by atoms with Gasteiger partial charge in [-0.25, -0.2) is 9.59 Å². The Morgan fingerprint density at radius 3 is 1.30 bits per heavy atom. The molecule has 0 aliphatic carbocycles. The minimum absolute atomic E-state index is 0.0332. The van der Waals surface area contributed by atoms with Crippen LogP contribution in [-0.2, 0) is 23.2 Å². The molecule has 5 aromatic rings. The Bertz CT molecular complexity index is 2280. The maximum Gasteiger partial charge on any atom is 0.336 e. The Morgan fingerprint density at radius 2 is 0.900 bits per heavy atom. The molecule has 3 aromatic carbocycles. The normalized spacial score (nSPS) is 11.8. The topological polar surface area (TPSA) is 110 Å². The Hall–Kier alpha value is -4.57. The van der Waals surface area contributed by atoms with Crippen LogP contribution in [0.4, 0.5) is 11.4 Å². The van der Waals surface area contributed by atoms with Gasteiger partial charge in [0.05, 0.1) is 5.75 Å². The molecule has 0 atom stereocenters. The molecule has 2 heterocycles. The highest BCUT2D eigenvalue weighted by Gasteiger charge is 2.19. The standard InChI is InChI=1S/C50H68N2O7S/c1-8-11-12-13-14-15-16-17-18-19-20-21-22-23-24-60(55,56)59-42-30-40(34-51(9-2)45-32-47-43(25-38(45)6)36(4)27-49(53)57-47)29-41(31-42)35-52(10-3)46-33-48-44(26-39(46)7)37(5)28-50(54)58-48/h25-33H,8-24,34-35H2,1-7H3. The molecule has 0 saturated heterocycles. The highest BCUT2D eigenvalue weighted by molar-refractivity contribution is 7.87. The number of rotatable bonds is 25. The summed E-state index contributed by atoms with van der Waals surface area (Å²) in [5.74, 6) is 0.253. The first-order valence-corrected chi connectivity index (χ1v) is 24.0. The van der Waals surface area contributed by atoms with Crippen molar-refractivity contribution < 1.29 is 21.4 Å². The van der Waals surface area contributed by atoms with Crippen LogP contribution in [-0.4, -0.2) is 27.3 Å². The molecular weight excluding hydrogens is 773 g/mol. The third-order valence-corrected chi connectivity index (χ3v) is 13.0. The van der Waals surface area contributed by atoms with Gasteiger partial charge in [0.25, 0.3) is 0 Å². The predicted molar refractivity (Wildman–Crippen MR) is 249 cm³/mol. The number of benzene rings is 3. The van der Waals surface area contributed by atoms with Gasteiger partial charge < -0.3 is 22.8 Å². The Balaban J connectivity index is 1.31. The van der Waals surface area contributed by atoms with Gasteiger partial charge in [0.1, 0.15) is 16.9 Å². The van der Waals surface area contributed by atoms with Gasteiger partial charge in [0.15, 0.2) is 0 Å². The van der Waals surface area contributed by atoms with Crippen LogP contribution >= 0.6 is 0 Å². The number of aryl methyl sites for hydroxylation is 4. The summed E-state index contributed by atoms with van der Waals surface area (Å²) in [5, 5.41) is 1.79. The fraction of sp³-hybridized carbons (Fsp3) is 0.520. The predicted octanol–water partition coefficient (Wildman–Crippen LogP) is 12.4. The van der Waals surface area contributed by atoms with E-state index in [0.29, 0.717) is 43.8 Å². The van der Waals surface area contributed by atoms with Crippen LogP contribution in [0.3, 0.4) is 0 Å². The highest BCUT2D eigenvalue weighted by atomic mass is 32.2. The lowest BCUT2D eigenvalue weighted by atomic mass is 10.0. The molecule has 0 N–H and O–H groups in total. The molecule has 0 bridgehead atoms. The lowest BCUT2D eigenvalue weighted by Crippen LogP contribution is -2.25. The van der Waals surface area contributed by atoms with Gasteiger partial charge >= 0.3 is 21.4 Å². The van der Waals surface area contributed by atoms with E-state index in [1.165, 1.54) is 76.3 Å². The van der Waals surface area contributed by atoms with Gasteiger partial charge in [-0.1, -0.05) is 96.5 Å². The number of nitrogens with zero attached hydrogens (tertiary/aromatic N) is 2. The molecule has 326 valence electrons. The van der Waals surface area contributed by atoms with Crippen LogP contribution in [0, 0.1) is 27.7 Å². The molecule has 0 aliphatic heterocycles. The van der Waals surface area contributed by atoms with Gasteiger partial charge in [-0.15, -0.1) is 0 Å². The zero-order valence-corrected chi connectivity index (χ0v) is 38.1. The van der Waals surface area contributed by atoms with Crippen molar-refractivity contribution in [1.29, 1.82) is 0 Å². The van der Waals surface area contributed by atoms with Crippen molar-refractivity contribution >= 4 is 43.4 Å². The van der Waals surface area contributed by atoms with E-state index < -0.39 is 10.1 Å². The van der Waals surface area contributed by atoms with Crippen molar-refractivity contribution in [3.63, 3.8) is 0 Å². The monoisotopic (exact) mass is 840 g/mol. The second-order valence-corrected chi connectivity index (χ2v) is 18.4. The molecule has 0 radical (unpaired) electrons. The van der Waals surface area contributed by atoms with Crippen molar-refractivity contribution in [1.82, 2.24) is 0 Å². The van der Waals surface area contributed by atoms with E-state index >= 15 is 0 Å². The minimum atomic E-state index is -3.85. The SMILES string of the molecule is CCCCCCCCCCCCCCCCS(=O)(=O)Oc1cc(CN(CC)c2cc3oc(=O)cc(C)c3cc2C)cc(CN(CC)c2cc3oc(=O)cc(C)c3cc2C)c1. The third kappa shape index (κ3) is 13.2. The van der Waals surface area contributed by atoms with Crippen LogP contribution in [0.15, 0.2) is 73.0 Å². The third-order valence-electron chi connectivity index (χ3n) is 11.7. The Morgan fingerprint density at radius 1 is 0.500 bits per heavy atom. The van der Waals surface area contributed by atoms with E-state index in [1.807, 2.05) is 52.0 Å². The average molecular weight is 841 g/mol. The number of hydrogen-bond donors (Lipinski definition) is 0. The lowest BCUT2D eigenvalue weighted by Gasteiger charge is -2.28. The maximum atomic E-state index is 13.5. The molecule has 0 fully saturated rings. The second kappa shape index (κ2) is 22.3. The highest BCUT2D eigenvalue weighted by Crippen LogP contribution is 2.32. The largest absolute Gasteiger partial charge is 0.423 e. The van der Waals surface area contributed by atoms with Crippen LogP contribution in [0.5, 0.6) is 5.75 Å². The molecule has 60 heavy (non-hydrogen) atoms. The summed E-state index contributed by atoms with van der Waals surface area (Å²) in [5.41, 5.74) is 7.71. The first-order valence-electron chi connectivity index (χ1n) is 22.5. The van der Waals surface area contributed by atoms with Crippen molar-refractivity contribution in [2.75, 3.05) is 28.6 Å². The number of unbranched alkanes of at least 4 members (excludes halogenated alkanes) is 13. The van der Waals surface area contributed by atoms with E-state index in [9.17, 15) is 18.0 Å². The van der Waals surface area contributed by atoms with Crippen molar-refractivity contribution in [2.24, 2.45) is 0 Å². The quantitative estimate of drug-likeness (QED) is 0.0322. The van der Waals surface area contributed by atoms with Gasteiger partial charge in [-0.2, -0.15) is 8.42 Å². The summed E-state index contributed by atoms with van der Waals surface area (Å²) in [6, 6.07) is 16.7. The van der Waals surface area contributed by atoms with Gasteiger partial charge in [-0.3, -0.25) is 0 Å². The van der Waals surface area contributed by atoms with Gasteiger partial charge in [0, 0.05) is 72.6 Å². The smallest absolute Gasteiger partial charge is 0.336 e. The lowest BCUT2D eigenvalue weighted by molar-refractivity contribution is 0.480. The first-order chi connectivity index (χ1) is 28.8. The fourth-order valence-corrected chi connectivity index (χ4v) is 9.43. The number of fused-ring (bicyclic) bond motifs is 2. The van der Waals surface area contributed by atoms with Crippen LogP contribution in [0.2, 0.25) is 0 Å². The molecular formula is C50H68N2O7S. The van der Waals surface area contributed by atoms with E-state index in [-0.39, 0.29) is 22.8 Å². The summed E-state index contributed by atoms with van der Waals surface area (Å²) in [6.45, 7) is 16.5. The van der Waals surface area contributed by atoms with Gasteiger partial charge in [0.2, 0.25) is 0 Å². The fourth-order valence-electron chi connectivity index (χ4n) is 8.40. The summed E-state index contributed by atoms with van der Waals surface area (Å²) in [4.78, 5) is 28.9. The van der Waals surface area contributed by atoms with Crippen LogP contribution < -0.4 is 25.2 Å². The molecule has 5 rings (SSSR count). The molecule has 9 nitrogen and oxygen atoms in total. The summed E-state index contributed by atoms with van der Waals surface area (Å²) in [7, 11) is -3.85. The molecule has 0 aliphatic rings. The van der Waals surface area contributed by atoms with E-state index in [1.54, 1.807) is 0 Å². The average Bonchev–Trinajstić information content (AvgIpc) is 3.19. The van der Waals surface area contributed by atoms with Crippen LogP contribution in [0.25, 0.3) is 21.9 Å². The Labute approximate surface area is 358 Å². The number of anilines is 2. The van der Waals surface area contributed by atoms with Crippen LogP contribution in [0.1, 0.15) is 144 Å². The summed E-state index contributed by atoms with van der Waals surface area (Å²) < 4.78 is 44.1. The molecule has 10 heteroatoms. The van der Waals surface area contributed by atoms with E-state index in [2.05, 4.69) is 48.8 Å². The molecule has 2 aromatic heterocycles. The molecule has 0 amide bonds. The van der Waals surface area contributed by atoms with Gasteiger partial charge in [-0.05, 0) is 106 Å². The zero-order valence-electron chi connectivity index (χ0n) is 37.3. The zero-order chi connectivity index (χ0) is 43.2. The maximum absolute atomic E-state index is 13.5. The van der Waals surface area contributed by atoms with E-state index in [4.69, 9.17) is 13.0 Å². The molecule has 0 saturated carbocycles. The first kappa shape index (κ1) is 46.5.